The fourth-order valence-corrected chi connectivity index (χ4v) is 2.92. The van der Waals surface area contributed by atoms with Crippen molar-refractivity contribution in [2.24, 2.45) is 7.05 Å². The van der Waals surface area contributed by atoms with Crippen molar-refractivity contribution >= 4 is 10.9 Å². The highest BCUT2D eigenvalue weighted by atomic mass is 16.5. The Morgan fingerprint density at radius 1 is 1.22 bits per heavy atom. The topological polar surface area (TPSA) is 72.5 Å². The zero-order valence-corrected chi connectivity index (χ0v) is 13.3. The molecule has 0 aliphatic heterocycles. The lowest BCUT2D eigenvalue weighted by molar-refractivity contribution is 0.385. The average Bonchev–Trinajstić information content (AvgIpc) is 3.22. The molecule has 3 aromatic heterocycles. The van der Waals surface area contributed by atoms with Crippen LogP contribution in [-0.2, 0) is 13.5 Å². The molecule has 1 aromatic carbocycles. The summed E-state index contributed by atoms with van der Waals surface area (Å²) in [4.78, 5) is 7.79. The molecular weight excluding hydrogens is 290 g/mol. The number of H-pyrrole nitrogens is 1. The van der Waals surface area contributed by atoms with Gasteiger partial charge < -0.3 is 9.51 Å². The van der Waals surface area contributed by atoms with Crippen molar-refractivity contribution in [3.8, 4) is 11.4 Å². The monoisotopic (exact) mass is 307 g/mol. The van der Waals surface area contributed by atoms with E-state index in [0.717, 1.165) is 33.4 Å². The maximum absolute atomic E-state index is 5.45. The Labute approximate surface area is 133 Å². The summed E-state index contributed by atoms with van der Waals surface area (Å²) in [5.41, 5.74) is 5.27. The Kier molecular flexibility index (Phi) is 3.04. The molecule has 0 aliphatic rings. The fraction of sp³-hybridized carbons (Fsp3) is 0.235. The molecule has 0 radical (unpaired) electrons. The molecule has 23 heavy (non-hydrogen) atoms. The van der Waals surface area contributed by atoms with E-state index in [2.05, 4.69) is 20.2 Å². The van der Waals surface area contributed by atoms with E-state index in [4.69, 9.17) is 4.52 Å². The van der Waals surface area contributed by atoms with Gasteiger partial charge in [-0.1, -0.05) is 23.4 Å². The summed E-state index contributed by atoms with van der Waals surface area (Å²) in [5.74, 6) is 1.21. The maximum Gasteiger partial charge on any atom is 0.231 e. The minimum absolute atomic E-state index is 0.598. The van der Waals surface area contributed by atoms with Crippen molar-refractivity contribution in [1.82, 2.24) is 24.9 Å². The third-order valence-electron chi connectivity index (χ3n) is 4.29. The predicted molar refractivity (Wildman–Crippen MR) is 87.1 cm³/mol. The van der Waals surface area contributed by atoms with Crippen LogP contribution in [-0.4, -0.2) is 24.9 Å². The molecule has 0 spiro atoms. The van der Waals surface area contributed by atoms with Crippen molar-refractivity contribution in [2.75, 3.05) is 0 Å². The molecule has 0 fully saturated rings. The predicted octanol–water partition coefficient (Wildman–Crippen LogP) is 3.16. The third-order valence-corrected chi connectivity index (χ3v) is 4.29. The van der Waals surface area contributed by atoms with Gasteiger partial charge in [-0.2, -0.15) is 10.1 Å². The Hall–Kier alpha value is -2.89. The average molecular weight is 307 g/mol. The van der Waals surface area contributed by atoms with Gasteiger partial charge in [-0.15, -0.1) is 0 Å². The van der Waals surface area contributed by atoms with Crippen LogP contribution in [0.5, 0.6) is 0 Å². The van der Waals surface area contributed by atoms with Crippen molar-refractivity contribution in [2.45, 2.75) is 20.3 Å². The van der Waals surface area contributed by atoms with E-state index in [9.17, 15) is 0 Å². The largest absolute Gasteiger partial charge is 0.360 e. The van der Waals surface area contributed by atoms with E-state index < -0.39 is 0 Å². The van der Waals surface area contributed by atoms with E-state index in [1.807, 2.05) is 56.0 Å². The van der Waals surface area contributed by atoms with Crippen molar-refractivity contribution in [3.63, 3.8) is 0 Å². The first-order valence-corrected chi connectivity index (χ1v) is 7.51. The molecule has 4 aromatic rings. The van der Waals surface area contributed by atoms with E-state index in [0.29, 0.717) is 18.1 Å². The number of aromatic amines is 1. The van der Waals surface area contributed by atoms with E-state index >= 15 is 0 Å². The minimum Gasteiger partial charge on any atom is -0.360 e. The van der Waals surface area contributed by atoms with E-state index in [1.165, 1.54) is 0 Å². The first-order chi connectivity index (χ1) is 11.1. The molecule has 6 heteroatoms. The number of fused-ring (bicyclic) bond motifs is 1. The van der Waals surface area contributed by atoms with Crippen molar-refractivity contribution in [1.29, 1.82) is 0 Å². The highest BCUT2D eigenvalue weighted by Crippen LogP contribution is 2.26. The van der Waals surface area contributed by atoms with Crippen molar-refractivity contribution < 1.29 is 4.52 Å². The molecule has 116 valence electrons. The second-order valence-electron chi connectivity index (χ2n) is 5.71. The number of hydrogen-bond donors (Lipinski definition) is 1. The Morgan fingerprint density at radius 3 is 2.83 bits per heavy atom. The molecule has 0 unspecified atom stereocenters. The number of hydrogen-bond acceptors (Lipinski definition) is 4. The van der Waals surface area contributed by atoms with Crippen LogP contribution in [0.4, 0.5) is 0 Å². The number of aromatic nitrogens is 5. The number of para-hydroxylation sites is 1. The molecule has 0 amide bonds. The van der Waals surface area contributed by atoms with Crippen LogP contribution in [0.2, 0.25) is 0 Å². The fourth-order valence-electron chi connectivity index (χ4n) is 2.92. The van der Waals surface area contributed by atoms with Crippen molar-refractivity contribution in [3.05, 3.63) is 53.3 Å². The second-order valence-corrected chi connectivity index (χ2v) is 5.71. The molecule has 1 N–H and O–H groups in total. The molecule has 0 saturated carbocycles. The van der Waals surface area contributed by atoms with Gasteiger partial charge in [-0.3, -0.25) is 4.68 Å². The Morgan fingerprint density at radius 2 is 2.04 bits per heavy atom. The Balaban J connectivity index is 1.69. The summed E-state index contributed by atoms with van der Waals surface area (Å²) < 4.78 is 7.33. The first-order valence-electron chi connectivity index (χ1n) is 7.51. The molecule has 0 saturated heterocycles. The lowest BCUT2D eigenvalue weighted by Gasteiger charge is -1.97. The van der Waals surface area contributed by atoms with Gasteiger partial charge in [-0.05, 0) is 19.9 Å². The van der Waals surface area contributed by atoms with Crippen LogP contribution in [0.3, 0.4) is 0 Å². The molecule has 3 heterocycles. The molecular formula is C17H17N5O. The number of nitrogens with zero attached hydrogens (tertiary/aromatic N) is 4. The van der Waals surface area contributed by atoms with Gasteiger partial charge in [0.15, 0.2) is 0 Å². The molecule has 6 nitrogen and oxygen atoms in total. The smallest absolute Gasteiger partial charge is 0.231 e. The van der Waals surface area contributed by atoms with Crippen LogP contribution in [0.1, 0.15) is 22.8 Å². The van der Waals surface area contributed by atoms with Crippen LogP contribution in [0.15, 0.2) is 35.0 Å². The zero-order valence-electron chi connectivity index (χ0n) is 13.3. The number of aryl methyl sites for hydroxylation is 2. The van der Waals surface area contributed by atoms with Gasteiger partial charge in [0.2, 0.25) is 11.7 Å². The van der Waals surface area contributed by atoms with Gasteiger partial charge in [0.1, 0.15) is 0 Å². The minimum atomic E-state index is 0.598. The summed E-state index contributed by atoms with van der Waals surface area (Å²) in [6, 6.07) is 8.08. The van der Waals surface area contributed by atoms with Gasteiger partial charge >= 0.3 is 0 Å². The van der Waals surface area contributed by atoms with Crippen LogP contribution in [0, 0.1) is 13.8 Å². The standard InChI is InChI=1S/C17H17N5O/c1-10-13(11(2)22(3)20-10)8-16-19-17(21-23-16)14-9-18-15-7-5-4-6-12(14)15/h4-7,9,18H,8H2,1-3H3. The highest BCUT2D eigenvalue weighted by molar-refractivity contribution is 5.93. The van der Waals surface area contributed by atoms with Gasteiger partial charge in [-0.25, -0.2) is 0 Å². The lowest BCUT2D eigenvalue weighted by atomic mass is 10.1. The van der Waals surface area contributed by atoms with Crippen LogP contribution < -0.4 is 0 Å². The second kappa shape index (κ2) is 5.08. The van der Waals surface area contributed by atoms with Crippen LogP contribution in [0.25, 0.3) is 22.3 Å². The third kappa shape index (κ3) is 2.23. The number of nitrogens with one attached hydrogen (secondary N) is 1. The zero-order chi connectivity index (χ0) is 16.0. The van der Waals surface area contributed by atoms with Gasteiger partial charge in [0, 0.05) is 41.0 Å². The quantitative estimate of drug-likeness (QED) is 0.631. The van der Waals surface area contributed by atoms with E-state index in [1.54, 1.807) is 0 Å². The summed E-state index contributed by atoms with van der Waals surface area (Å²) in [6.45, 7) is 4.05. The van der Waals surface area contributed by atoms with Gasteiger partial charge in [0.05, 0.1) is 12.1 Å². The first kappa shape index (κ1) is 13.8. The molecule has 4 rings (SSSR count). The Bertz CT molecular complexity index is 992. The summed E-state index contributed by atoms with van der Waals surface area (Å²) in [7, 11) is 1.94. The number of benzene rings is 1. The maximum atomic E-state index is 5.45. The number of rotatable bonds is 3. The lowest BCUT2D eigenvalue weighted by Crippen LogP contribution is -1.95. The highest BCUT2D eigenvalue weighted by Gasteiger charge is 2.16. The molecule has 0 aliphatic carbocycles. The van der Waals surface area contributed by atoms with Crippen LogP contribution >= 0.6 is 0 Å². The summed E-state index contributed by atoms with van der Waals surface area (Å²) >= 11 is 0. The summed E-state index contributed by atoms with van der Waals surface area (Å²) in [6.07, 6.45) is 2.51. The van der Waals surface area contributed by atoms with Gasteiger partial charge in [0.25, 0.3) is 0 Å². The molecule has 0 atom stereocenters. The molecule has 0 bridgehead atoms. The normalized spacial score (nSPS) is 11.4. The summed E-state index contributed by atoms with van der Waals surface area (Å²) in [5, 5.41) is 9.66. The SMILES string of the molecule is Cc1nn(C)c(C)c1Cc1nc(-c2c[nH]c3ccccc23)no1. The van der Waals surface area contributed by atoms with E-state index in [-0.39, 0.29) is 0 Å².